The van der Waals surface area contributed by atoms with Crippen molar-refractivity contribution < 1.29 is 0 Å². The van der Waals surface area contributed by atoms with Crippen LogP contribution < -0.4 is 5.73 Å². The van der Waals surface area contributed by atoms with E-state index in [0.29, 0.717) is 12.0 Å². The summed E-state index contributed by atoms with van der Waals surface area (Å²) in [6.45, 7) is 6.57. The first-order chi connectivity index (χ1) is 6.44. The van der Waals surface area contributed by atoms with Gasteiger partial charge in [0.2, 0.25) is 0 Å². The average Bonchev–Trinajstić information content (AvgIpc) is 2.58. The molecule has 76 valence electrons. The zero-order valence-electron chi connectivity index (χ0n) is 8.84. The lowest BCUT2D eigenvalue weighted by Gasteiger charge is -2.05. The minimum Gasteiger partial charge on any atom is -0.327 e. The lowest BCUT2D eigenvalue weighted by atomic mass is 10.0. The van der Waals surface area contributed by atoms with Crippen LogP contribution in [0.5, 0.6) is 0 Å². The highest BCUT2D eigenvalue weighted by Gasteiger charge is 2.56. The molecule has 0 aromatic heterocycles. The zero-order chi connectivity index (χ0) is 10.5. The fourth-order valence-electron chi connectivity index (χ4n) is 2.12. The summed E-state index contributed by atoms with van der Waals surface area (Å²) >= 11 is 3.56. The molecular weight excluding hydrogens is 238 g/mol. The van der Waals surface area contributed by atoms with E-state index in [9.17, 15) is 0 Å². The van der Waals surface area contributed by atoms with Crippen LogP contribution in [0.4, 0.5) is 0 Å². The van der Waals surface area contributed by atoms with Crippen LogP contribution in [-0.2, 0) is 0 Å². The van der Waals surface area contributed by atoms with E-state index >= 15 is 0 Å². The van der Waals surface area contributed by atoms with Crippen LogP contribution in [0.2, 0.25) is 0 Å². The number of nitrogens with two attached hydrogens (primary N) is 1. The summed E-state index contributed by atoms with van der Waals surface area (Å²) in [5.41, 5.74) is 8.96. The SMILES string of the molecule is Cc1ccc([C@@H]2[C@@H](N)C2(C)C)cc1Br. The van der Waals surface area contributed by atoms with Gasteiger partial charge in [-0.2, -0.15) is 0 Å². The third-order valence-electron chi connectivity index (χ3n) is 3.47. The molecule has 0 unspecified atom stereocenters. The summed E-state index contributed by atoms with van der Waals surface area (Å²) in [7, 11) is 0. The fraction of sp³-hybridized carbons (Fsp3) is 0.500. The van der Waals surface area contributed by atoms with E-state index in [-0.39, 0.29) is 5.41 Å². The van der Waals surface area contributed by atoms with Gasteiger partial charge < -0.3 is 5.73 Å². The Bertz CT molecular complexity index is 371. The predicted molar refractivity (Wildman–Crippen MR) is 63.4 cm³/mol. The number of rotatable bonds is 1. The zero-order valence-corrected chi connectivity index (χ0v) is 10.4. The van der Waals surface area contributed by atoms with Crippen molar-refractivity contribution in [3.05, 3.63) is 33.8 Å². The molecule has 2 atom stereocenters. The predicted octanol–water partition coefficient (Wildman–Crippen LogP) is 3.21. The molecule has 1 fully saturated rings. The molecular formula is C12H16BrN. The Balaban J connectivity index is 2.32. The molecule has 1 aliphatic carbocycles. The van der Waals surface area contributed by atoms with Crippen LogP contribution in [0.3, 0.4) is 0 Å². The summed E-state index contributed by atoms with van der Waals surface area (Å²) < 4.78 is 1.19. The van der Waals surface area contributed by atoms with Crippen LogP contribution in [0, 0.1) is 12.3 Å². The number of hydrogen-bond acceptors (Lipinski definition) is 1. The summed E-state index contributed by atoms with van der Waals surface area (Å²) in [6.07, 6.45) is 0. The Labute approximate surface area is 93.8 Å². The Morgan fingerprint density at radius 3 is 2.36 bits per heavy atom. The van der Waals surface area contributed by atoms with Crippen molar-refractivity contribution in [2.75, 3.05) is 0 Å². The molecule has 0 aliphatic heterocycles. The van der Waals surface area contributed by atoms with Gasteiger partial charge in [-0.1, -0.05) is 41.9 Å². The molecule has 1 aromatic rings. The van der Waals surface area contributed by atoms with Crippen molar-refractivity contribution in [3.8, 4) is 0 Å². The average molecular weight is 254 g/mol. The molecule has 0 radical (unpaired) electrons. The molecule has 2 heteroatoms. The molecule has 14 heavy (non-hydrogen) atoms. The van der Waals surface area contributed by atoms with Crippen LogP contribution in [0.15, 0.2) is 22.7 Å². The van der Waals surface area contributed by atoms with Crippen molar-refractivity contribution in [1.29, 1.82) is 0 Å². The van der Waals surface area contributed by atoms with Gasteiger partial charge in [-0.05, 0) is 29.5 Å². The van der Waals surface area contributed by atoms with E-state index in [4.69, 9.17) is 5.73 Å². The largest absolute Gasteiger partial charge is 0.327 e. The highest BCUT2D eigenvalue weighted by molar-refractivity contribution is 9.10. The van der Waals surface area contributed by atoms with E-state index in [1.54, 1.807) is 0 Å². The molecule has 1 saturated carbocycles. The first-order valence-corrected chi connectivity index (χ1v) is 5.75. The van der Waals surface area contributed by atoms with E-state index in [2.05, 4.69) is 54.9 Å². The van der Waals surface area contributed by atoms with Crippen molar-refractivity contribution in [3.63, 3.8) is 0 Å². The van der Waals surface area contributed by atoms with Gasteiger partial charge in [0, 0.05) is 16.4 Å². The second-order valence-corrected chi connectivity index (χ2v) is 5.69. The van der Waals surface area contributed by atoms with Crippen molar-refractivity contribution in [2.45, 2.75) is 32.7 Å². The summed E-state index contributed by atoms with van der Waals surface area (Å²) in [5, 5.41) is 0. The third-order valence-corrected chi connectivity index (χ3v) is 4.32. The van der Waals surface area contributed by atoms with Gasteiger partial charge in [-0.25, -0.2) is 0 Å². The molecule has 0 saturated heterocycles. The maximum atomic E-state index is 6.05. The van der Waals surface area contributed by atoms with Crippen molar-refractivity contribution in [2.24, 2.45) is 11.1 Å². The molecule has 0 amide bonds. The topological polar surface area (TPSA) is 26.0 Å². The molecule has 1 nitrogen and oxygen atoms in total. The number of halogens is 1. The molecule has 2 rings (SSSR count). The van der Waals surface area contributed by atoms with E-state index in [1.807, 2.05) is 0 Å². The van der Waals surface area contributed by atoms with E-state index in [1.165, 1.54) is 15.6 Å². The van der Waals surface area contributed by atoms with Gasteiger partial charge in [0.05, 0.1) is 0 Å². The van der Waals surface area contributed by atoms with Gasteiger partial charge in [0.25, 0.3) is 0 Å². The van der Waals surface area contributed by atoms with Gasteiger partial charge in [0.15, 0.2) is 0 Å². The van der Waals surface area contributed by atoms with Gasteiger partial charge >= 0.3 is 0 Å². The standard InChI is InChI=1S/C12H16BrN/c1-7-4-5-8(6-9(7)13)10-11(14)12(10,2)3/h4-6,10-11H,14H2,1-3H3/t10-,11-/m1/s1. The second kappa shape index (κ2) is 3.07. The van der Waals surface area contributed by atoms with E-state index in [0.717, 1.165) is 0 Å². The Hall–Kier alpha value is -0.340. The third kappa shape index (κ3) is 1.41. The maximum Gasteiger partial charge on any atom is 0.0207 e. The number of aryl methyl sites for hydroxylation is 1. The summed E-state index contributed by atoms with van der Waals surface area (Å²) in [4.78, 5) is 0. The fourth-order valence-corrected chi connectivity index (χ4v) is 2.51. The number of hydrogen-bond donors (Lipinski definition) is 1. The Morgan fingerprint density at radius 1 is 1.36 bits per heavy atom. The minimum atomic E-state index is 0.273. The molecule has 1 aromatic carbocycles. The summed E-state index contributed by atoms with van der Waals surface area (Å²) in [5.74, 6) is 0.527. The Kier molecular flexibility index (Phi) is 2.24. The van der Waals surface area contributed by atoms with Crippen LogP contribution in [0.25, 0.3) is 0 Å². The summed E-state index contributed by atoms with van der Waals surface area (Å²) in [6, 6.07) is 6.87. The number of benzene rings is 1. The first kappa shape index (κ1) is 10.2. The molecule has 0 bridgehead atoms. The second-order valence-electron chi connectivity index (χ2n) is 4.83. The lowest BCUT2D eigenvalue weighted by Crippen LogP contribution is -2.06. The maximum absolute atomic E-state index is 6.05. The first-order valence-electron chi connectivity index (χ1n) is 4.96. The van der Waals surface area contributed by atoms with Gasteiger partial charge in [-0.3, -0.25) is 0 Å². The lowest BCUT2D eigenvalue weighted by molar-refractivity contribution is 0.599. The van der Waals surface area contributed by atoms with Crippen LogP contribution in [-0.4, -0.2) is 6.04 Å². The molecule has 0 spiro atoms. The normalized spacial score (nSPS) is 28.9. The molecule has 0 heterocycles. The van der Waals surface area contributed by atoms with Gasteiger partial charge in [-0.15, -0.1) is 0 Å². The smallest absolute Gasteiger partial charge is 0.0207 e. The van der Waals surface area contributed by atoms with Crippen molar-refractivity contribution >= 4 is 15.9 Å². The minimum absolute atomic E-state index is 0.273. The Morgan fingerprint density at radius 2 is 1.93 bits per heavy atom. The van der Waals surface area contributed by atoms with Crippen LogP contribution >= 0.6 is 15.9 Å². The molecule has 2 N–H and O–H groups in total. The van der Waals surface area contributed by atoms with Gasteiger partial charge in [0.1, 0.15) is 0 Å². The highest BCUT2D eigenvalue weighted by Crippen LogP contribution is 2.57. The molecule has 1 aliphatic rings. The quantitative estimate of drug-likeness (QED) is 0.818. The monoisotopic (exact) mass is 253 g/mol. The van der Waals surface area contributed by atoms with Crippen LogP contribution in [0.1, 0.15) is 30.9 Å². The van der Waals surface area contributed by atoms with E-state index < -0.39 is 0 Å². The highest BCUT2D eigenvalue weighted by atomic mass is 79.9. The van der Waals surface area contributed by atoms with Crippen molar-refractivity contribution in [1.82, 2.24) is 0 Å².